The Morgan fingerprint density at radius 3 is 2.62 bits per heavy atom. The lowest BCUT2D eigenvalue weighted by Crippen LogP contribution is -2.39. The number of nitrogens with one attached hydrogen (secondary N) is 1. The zero-order chi connectivity index (χ0) is 18.9. The predicted molar refractivity (Wildman–Crippen MR) is 105 cm³/mol. The van der Waals surface area contributed by atoms with Crippen molar-refractivity contribution in [3.8, 4) is 0 Å². The maximum atomic E-state index is 12.3. The Balaban J connectivity index is 1.57. The minimum absolute atomic E-state index is 0.0527. The zero-order valence-electron chi connectivity index (χ0n) is 16.0. The third-order valence-corrected chi connectivity index (χ3v) is 7.27. The number of rotatable bonds is 7. The number of nitrogens with zero attached hydrogens (tertiary/aromatic N) is 1. The van der Waals surface area contributed by atoms with Gasteiger partial charge in [0.05, 0.1) is 11.9 Å². The maximum absolute atomic E-state index is 12.3. The lowest BCUT2D eigenvalue weighted by atomic mass is 9.95. The molecule has 0 saturated heterocycles. The number of aryl methyl sites for hydroxylation is 1. The monoisotopic (exact) mass is 378 g/mol. The van der Waals surface area contributed by atoms with Crippen LogP contribution in [0.25, 0.3) is 0 Å². The molecule has 3 rings (SSSR count). The van der Waals surface area contributed by atoms with Gasteiger partial charge in [-0.1, -0.05) is 18.6 Å². The summed E-state index contributed by atoms with van der Waals surface area (Å²) in [6.07, 6.45) is 7.05. The molecule has 2 fully saturated rings. The highest BCUT2D eigenvalue weighted by molar-refractivity contribution is 7.92. The molecule has 0 radical (unpaired) electrons. The van der Waals surface area contributed by atoms with Crippen molar-refractivity contribution in [3.63, 3.8) is 0 Å². The second-order valence-corrected chi connectivity index (χ2v) is 9.91. The van der Waals surface area contributed by atoms with Crippen LogP contribution in [0.2, 0.25) is 0 Å². The quantitative estimate of drug-likeness (QED) is 0.792. The molecule has 1 amide bonds. The first kappa shape index (κ1) is 19.2. The molecule has 2 aliphatic rings. The molecule has 0 heterocycles. The van der Waals surface area contributed by atoms with E-state index in [2.05, 4.69) is 5.32 Å². The van der Waals surface area contributed by atoms with Crippen molar-refractivity contribution < 1.29 is 13.2 Å². The van der Waals surface area contributed by atoms with Crippen LogP contribution in [0.5, 0.6) is 0 Å². The molecule has 1 N–H and O–H groups in total. The Kier molecular flexibility index (Phi) is 5.61. The van der Waals surface area contributed by atoms with Gasteiger partial charge in [-0.3, -0.25) is 9.10 Å². The molecule has 3 atom stereocenters. The van der Waals surface area contributed by atoms with Gasteiger partial charge in [-0.2, -0.15) is 0 Å². The molecule has 5 nitrogen and oxygen atoms in total. The van der Waals surface area contributed by atoms with E-state index in [0.717, 1.165) is 23.5 Å². The fraction of sp³-hybridized carbons (Fsp3) is 0.650. The van der Waals surface area contributed by atoms with Crippen LogP contribution in [-0.4, -0.2) is 33.2 Å². The Morgan fingerprint density at radius 2 is 2.00 bits per heavy atom. The van der Waals surface area contributed by atoms with Gasteiger partial charge in [-0.15, -0.1) is 0 Å². The van der Waals surface area contributed by atoms with Crippen molar-refractivity contribution in [1.82, 2.24) is 5.32 Å². The zero-order valence-corrected chi connectivity index (χ0v) is 16.8. The molecular weight excluding hydrogens is 348 g/mol. The number of anilines is 1. The molecule has 1 aromatic rings. The first-order valence-electron chi connectivity index (χ1n) is 9.59. The molecule has 1 aromatic carbocycles. The van der Waals surface area contributed by atoms with Gasteiger partial charge in [-0.05, 0) is 68.6 Å². The number of carbonyl (C=O) groups is 1. The molecule has 0 unspecified atom stereocenters. The second kappa shape index (κ2) is 7.59. The van der Waals surface area contributed by atoms with Gasteiger partial charge in [0.1, 0.15) is 0 Å². The summed E-state index contributed by atoms with van der Waals surface area (Å²) in [7, 11) is -3.38. The van der Waals surface area contributed by atoms with E-state index in [9.17, 15) is 13.2 Å². The molecule has 26 heavy (non-hydrogen) atoms. The van der Waals surface area contributed by atoms with Crippen LogP contribution in [0.15, 0.2) is 18.2 Å². The minimum Gasteiger partial charge on any atom is -0.353 e. The average molecular weight is 379 g/mol. The van der Waals surface area contributed by atoms with E-state index >= 15 is 0 Å². The molecule has 144 valence electrons. The Morgan fingerprint density at radius 1 is 1.23 bits per heavy atom. The molecule has 6 heteroatoms. The largest absolute Gasteiger partial charge is 0.353 e. The average Bonchev–Trinajstić information content (AvgIpc) is 3.16. The highest BCUT2D eigenvalue weighted by Crippen LogP contribution is 2.44. The Labute approximate surface area is 157 Å². The SMILES string of the molecule is Cc1cccc(N(CCCC(=O)N[C@H]2C[C@H]3CC[C@H]2C3)S(C)(=O)=O)c1C. The lowest BCUT2D eigenvalue weighted by Gasteiger charge is -2.25. The van der Waals surface area contributed by atoms with Crippen molar-refractivity contribution in [2.45, 2.75) is 58.4 Å². The first-order valence-corrected chi connectivity index (χ1v) is 11.4. The maximum Gasteiger partial charge on any atom is 0.232 e. The molecule has 2 saturated carbocycles. The molecule has 0 aliphatic heterocycles. The van der Waals surface area contributed by atoms with Crippen LogP contribution >= 0.6 is 0 Å². The number of sulfonamides is 1. The number of carbonyl (C=O) groups excluding carboxylic acids is 1. The number of hydrogen-bond donors (Lipinski definition) is 1. The van der Waals surface area contributed by atoms with E-state index in [-0.39, 0.29) is 5.91 Å². The number of benzene rings is 1. The summed E-state index contributed by atoms with van der Waals surface area (Å²) in [6, 6.07) is 6.02. The predicted octanol–water partition coefficient (Wildman–Crippen LogP) is 3.15. The van der Waals surface area contributed by atoms with E-state index in [1.807, 2.05) is 32.0 Å². The summed E-state index contributed by atoms with van der Waals surface area (Å²) in [5.74, 6) is 1.51. The van der Waals surface area contributed by atoms with E-state index in [0.29, 0.717) is 37.0 Å². The van der Waals surface area contributed by atoms with E-state index < -0.39 is 10.0 Å². The standard InChI is InChI=1S/C20H30N2O3S/c1-14-6-4-7-19(15(14)2)22(26(3,24)25)11-5-8-20(23)21-18-13-16-9-10-17(18)12-16/h4,6-7,16-18H,5,8-13H2,1-3H3,(H,21,23)/t16-,17-,18-/m0/s1. The van der Waals surface area contributed by atoms with Crippen LogP contribution in [0.1, 0.15) is 49.7 Å². The van der Waals surface area contributed by atoms with Crippen LogP contribution in [0.3, 0.4) is 0 Å². The second-order valence-electron chi connectivity index (χ2n) is 8.01. The lowest BCUT2D eigenvalue weighted by molar-refractivity contribution is -0.122. The summed E-state index contributed by atoms with van der Waals surface area (Å²) < 4.78 is 26.0. The Hall–Kier alpha value is -1.56. The first-order chi connectivity index (χ1) is 12.3. The van der Waals surface area contributed by atoms with Crippen molar-refractivity contribution in [2.75, 3.05) is 17.1 Å². The van der Waals surface area contributed by atoms with Gasteiger partial charge in [0, 0.05) is 19.0 Å². The molecule has 0 aromatic heterocycles. The van der Waals surface area contributed by atoms with Gasteiger partial charge in [0.2, 0.25) is 15.9 Å². The fourth-order valence-corrected chi connectivity index (χ4v) is 5.57. The molecule has 0 spiro atoms. The van der Waals surface area contributed by atoms with Crippen molar-refractivity contribution in [1.29, 1.82) is 0 Å². The summed E-state index contributed by atoms with van der Waals surface area (Å²) in [6.45, 7) is 4.24. The number of hydrogen-bond acceptors (Lipinski definition) is 3. The summed E-state index contributed by atoms with van der Waals surface area (Å²) in [5.41, 5.74) is 2.73. The minimum atomic E-state index is -3.38. The van der Waals surface area contributed by atoms with E-state index in [1.54, 1.807) is 0 Å². The smallest absolute Gasteiger partial charge is 0.232 e. The molecule has 2 aliphatic carbocycles. The third kappa shape index (κ3) is 4.22. The van der Waals surface area contributed by atoms with Crippen LogP contribution < -0.4 is 9.62 Å². The van der Waals surface area contributed by atoms with Gasteiger partial charge in [0.25, 0.3) is 0 Å². The van der Waals surface area contributed by atoms with Crippen molar-refractivity contribution in [2.24, 2.45) is 11.8 Å². The topological polar surface area (TPSA) is 66.5 Å². The van der Waals surface area contributed by atoms with Crippen molar-refractivity contribution >= 4 is 21.6 Å². The molecule has 2 bridgehead atoms. The van der Waals surface area contributed by atoms with Gasteiger partial charge < -0.3 is 5.32 Å². The van der Waals surface area contributed by atoms with Crippen molar-refractivity contribution in [3.05, 3.63) is 29.3 Å². The summed E-state index contributed by atoms with van der Waals surface area (Å²) in [4.78, 5) is 12.3. The fourth-order valence-electron chi connectivity index (χ4n) is 4.55. The van der Waals surface area contributed by atoms with Gasteiger partial charge in [-0.25, -0.2) is 8.42 Å². The normalized spacial score (nSPS) is 24.7. The number of fused-ring (bicyclic) bond motifs is 2. The van der Waals surface area contributed by atoms with Crippen LogP contribution in [0, 0.1) is 25.7 Å². The van der Waals surface area contributed by atoms with Crippen LogP contribution in [0.4, 0.5) is 5.69 Å². The number of amides is 1. The third-order valence-electron chi connectivity index (χ3n) is 6.09. The summed E-state index contributed by atoms with van der Waals surface area (Å²) in [5, 5.41) is 3.18. The summed E-state index contributed by atoms with van der Waals surface area (Å²) >= 11 is 0. The van der Waals surface area contributed by atoms with Gasteiger partial charge in [0.15, 0.2) is 0 Å². The van der Waals surface area contributed by atoms with Gasteiger partial charge >= 0.3 is 0 Å². The van der Waals surface area contributed by atoms with E-state index in [1.165, 1.54) is 29.8 Å². The Bertz CT molecular complexity index is 775. The van der Waals surface area contributed by atoms with Crippen LogP contribution in [-0.2, 0) is 14.8 Å². The highest BCUT2D eigenvalue weighted by Gasteiger charge is 2.39. The highest BCUT2D eigenvalue weighted by atomic mass is 32.2. The van der Waals surface area contributed by atoms with E-state index in [4.69, 9.17) is 0 Å². The molecular formula is C20H30N2O3S.